The number of hydrogen-bond acceptors (Lipinski definition) is 2. The van der Waals surface area contributed by atoms with Gasteiger partial charge in [-0.3, -0.25) is 4.79 Å². The molecule has 0 aromatic heterocycles. The predicted molar refractivity (Wildman–Crippen MR) is 81.8 cm³/mol. The maximum atomic E-state index is 13.0. The van der Waals surface area contributed by atoms with Gasteiger partial charge in [0.1, 0.15) is 5.60 Å². The molecule has 0 heterocycles. The van der Waals surface area contributed by atoms with Gasteiger partial charge >= 0.3 is 0 Å². The Balaban J connectivity index is 1.84. The second kappa shape index (κ2) is 4.30. The Labute approximate surface area is 125 Å². The molecule has 1 aromatic carbocycles. The molecule has 0 bridgehead atoms. The number of hydrogen-bond donors (Lipinski definition) is 1. The number of Topliss-reactive ketones (excluding diaryl/α,β-unsaturated/α-hetero) is 1. The van der Waals surface area contributed by atoms with Gasteiger partial charge in [-0.25, -0.2) is 0 Å². The molecular weight excluding hydrogens is 260 g/mol. The van der Waals surface area contributed by atoms with Crippen molar-refractivity contribution in [1.82, 2.24) is 0 Å². The first-order chi connectivity index (χ1) is 10.1. The van der Waals surface area contributed by atoms with Gasteiger partial charge in [0.25, 0.3) is 0 Å². The Kier molecular flexibility index (Phi) is 2.71. The number of allylic oxidation sites excluding steroid dienone is 1. The summed E-state index contributed by atoms with van der Waals surface area (Å²) < 4.78 is 0. The Morgan fingerprint density at radius 3 is 2.76 bits per heavy atom. The fraction of sp³-hybridized carbons (Fsp3) is 0.526. The van der Waals surface area contributed by atoms with E-state index in [4.69, 9.17) is 0 Å². The van der Waals surface area contributed by atoms with Crippen LogP contribution >= 0.6 is 0 Å². The summed E-state index contributed by atoms with van der Waals surface area (Å²) in [5.74, 6) is 0.500. The molecule has 110 valence electrons. The fourth-order valence-corrected chi connectivity index (χ4v) is 5.34. The van der Waals surface area contributed by atoms with E-state index in [9.17, 15) is 9.90 Å². The van der Waals surface area contributed by atoms with Crippen molar-refractivity contribution >= 4 is 5.78 Å². The lowest BCUT2D eigenvalue weighted by molar-refractivity contribution is -0.147. The van der Waals surface area contributed by atoms with E-state index in [0.717, 1.165) is 43.3 Å². The average Bonchev–Trinajstić information content (AvgIpc) is 2.92. The molecule has 0 unspecified atom stereocenters. The van der Waals surface area contributed by atoms with E-state index in [0.29, 0.717) is 6.42 Å². The first-order valence-corrected chi connectivity index (χ1v) is 8.11. The molecule has 21 heavy (non-hydrogen) atoms. The highest BCUT2D eigenvalue weighted by molar-refractivity contribution is 6.05. The summed E-state index contributed by atoms with van der Waals surface area (Å²) >= 11 is 0. The summed E-state index contributed by atoms with van der Waals surface area (Å²) in [5.41, 5.74) is 1.64. The van der Waals surface area contributed by atoms with Crippen LogP contribution in [0.5, 0.6) is 0 Å². The molecule has 0 saturated heterocycles. The van der Waals surface area contributed by atoms with Gasteiger partial charge in [0.15, 0.2) is 5.78 Å². The highest BCUT2D eigenvalue weighted by Gasteiger charge is 2.68. The number of ketones is 1. The van der Waals surface area contributed by atoms with Crippen LogP contribution in [0, 0.1) is 11.3 Å². The summed E-state index contributed by atoms with van der Waals surface area (Å²) in [4.78, 5) is 13.0. The van der Waals surface area contributed by atoms with Crippen molar-refractivity contribution in [3.8, 4) is 0 Å². The smallest absolute Gasteiger partial charge is 0.168 e. The quantitative estimate of drug-likeness (QED) is 0.902. The first-order valence-electron chi connectivity index (χ1n) is 8.11. The maximum absolute atomic E-state index is 13.0. The molecule has 1 N–H and O–H groups in total. The molecule has 2 fully saturated rings. The molecule has 3 aliphatic rings. The van der Waals surface area contributed by atoms with Gasteiger partial charge in [0.2, 0.25) is 0 Å². The Morgan fingerprint density at radius 1 is 1.24 bits per heavy atom. The van der Waals surface area contributed by atoms with Crippen molar-refractivity contribution in [2.45, 2.75) is 51.0 Å². The molecule has 3 aliphatic carbocycles. The van der Waals surface area contributed by atoms with Crippen molar-refractivity contribution in [3.05, 3.63) is 47.0 Å². The van der Waals surface area contributed by atoms with Crippen molar-refractivity contribution in [2.75, 3.05) is 0 Å². The molecule has 1 aromatic rings. The van der Waals surface area contributed by atoms with Gasteiger partial charge in [-0.1, -0.05) is 36.8 Å². The van der Waals surface area contributed by atoms with Gasteiger partial charge in [-0.2, -0.15) is 0 Å². The van der Waals surface area contributed by atoms with E-state index < -0.39 is 11.0 Å². The third-order valence-corrected chi connectivity index (χ3v) is 6.26. The van der Waals surface area contributed by atoms with Crippen molar-refractivity contribution in [2.24, 2.45) is 11.3 Å². The minimum absolute atomic E-state index is 0.216. The zero-order valence-corrected chi connectivity index (χ0v) is 12.6. The van der Waals surface area contributed by atoms with Crippen LogP contribution in [0.2, 0.25) is 0 Å². The first kappa shape index (κ1) is 13.3. The predicted octanol–water partition coefficient (Wildman–Crippen LogP) is 3.44. The van der Waals surface area contributed by atoms with Crippen LogP contribution in [0.15, 0.2) is 41.5 Å². The SMILES string of the molecule is CC1=C2CC[C@H]3CCC[C@@](Cc4ccccc4)(C1=O)[C@@]23O. The van der Waals surface area contributed by atoms with Crippen LogP contribution in [0.3, 0.4) is 0 Å². The molecule has 0 aliphatic heterocycles. The summed E-state index contributed by atoms with van der Waals surface area (Å²) in [6.45, 7) is 1.93. The van der Waals surface area contributed by atoms with E-state index in [1.807, 2.05) is 25.1 Å². The second-order valence-electron chi connectivity index (χ2n) is 7.07. The van der Waals surface area contributed by atoms with Gasteiger partial charge in [-0.15, -0.1) is 0 Å². The standard InChI is InChI=1S/C19H22O2/c1-13-16-10-9-15-8-5-11-18(17(13)20,19(15,16)21)12-14-6-3-2-4-7-14/h2-4,6-7,15,21H,5,8-12H2,1H3/t15-,18-,19+/m1/s1. The molecule has 2 heteroatoms. The second-order valence-corrected chi connectivity index (χ2v) is 7.07. The van der Waals surface area contributed by atoms with Crippen molar-refractivity contribution < 1.29 is 9.90 Å². The Bertz CT molecular complexity index is 630. The van der Waals surface area contributed by atoms with E-state index in [2.05, 4.69) is 12.1 Å². The lowest BCUT2D eigenvalue weighted by atomic mass is 9.57. The molecular formula is C19H22O2. The van der Waals surface area contributed by atoms with E-state index in [1.54, 1.807) is 0 Å². The van der Waals surface area contributed by atoms with Gasteiger partial charge in [-0.05, 0) is 61.7 Å². The van der Waals surface area contributed by atoms with Crippen LogP contribution in [-0.2, 0) is 11.2 Å². The zero-order valence-electron chi connectivity index (χ0n) is 12.6. The van der Waals surface area contributed by atoms with Crippen LogP contribution in [-0.4, -0.2) is 16.5 Å². The largest absolute Gasteiger partial charge is 0.384 e. The minimum atomic E-state index is -0.859. The normalized spacial score (nSPS) is 38.0. The lowest BCUT2D eigenvalue weighted by Crippen LogP contribution is -2.56. The van der Waals surface area contributed by atoms with Crippen molar-refractivity contribution in [3.63, 3.8) is 0 Å². The Hall–Kier alpha value is -1.41. The Morgan fingerprint density at radius 2 is 2.00 bits per heavy atom. The average molecular weight is 282 g/mol. The molecule has 0 amide bonds. The molecule has 2 saturated carbocycles. The third-order valence-electron chi connectivity index (χ3n) is 6.26. The van der Waals surface area contributed by atoms with E-state index in [-0.39, 0.29) is 11.7 Å². The summed E-state index contributed by atoms with van der Waals surface area (Å²) in [6.07, 6.45) is 5.60. The molecule has 4 rings (SSSR count). The molecule has 0 radical (unpaired) electrons. The zero-order chi connectivity index (χ0) is 14.7. The van der Waals surface area contributed by atoms with Crippen LogP contribution in [0.1, 0.15) is 44.6 Å². The highest BCUT2D eigenvalue weighted by atomic mass is 16.3. The monoisotopic (exact) mass is 282 g/mol. The number of carbonyl (C=O) groups is 1. The van der Waals surface area contributed by atoms with Gasteiger partial charge in [0, 0.05) is 0 Å². The van der Waals surface area contributed by atoms with E-state index in [1.165, 1.54) is 5.56 Å². The van der Waals surface area contributed by atoms with Crippen LogP contribution in [0.4, 0.5) is 0 Å². The summed E-state index contributed by atoms with van der Waals surface area (Å²) in [5, 5.41) is 11.6. The van der Waals surface area contributed by atoms with E-state index >= 15 is 0 Å². The topological polar surface area (TPSA) is 37.3 Å². The van der Waals surface area contributed by atoms with Gasteiger partial charge in [0.05, 0.1) is 5.41 Å². The van der Waals surface area contributed by atoms with Gasteiger partial charge < -0.3 is 5.11 Å². The number of benzene rings is 1. The lowest BCUT2D eigenvalue weighted by Gasteiger charge is -2.48. The molecule has 2 nitrogen and oxygen atoms in total. The van der Waals surface area contributed by atoms with Crippen molar-refractivity contribution in [1.29, 1.82) is 0 Å². The third kappa shape index (κ3) is 1.49. The van der Waals surface area contributed by atoms with Crippen LogP contribution in [0.25, 0.3) is 0 Å². The fourth-order valence-electron chi connectivity index (χ4n) is 5.34. The molecule has 0 spiro atoms. The minimum Gasteiger partial charge on any atom is -0.384 e. The number of carbonyl (C=O) groups excluding carboxylic acids is 1. The maximum Gasteiger partial charge on any atom is 0.168 e. The molecule has 3 atom stereocenters. The number of rotatable bonds is 2. The summed E-state index contributed by atoms with van der Waals surface area (Å²) in [6, 6.07) is 10.2. The summed E-state index contributed by atoms with van der Waals surface area (Å²) in [7, 11) is 0. The van der Waals surface area contributed by atoms with Crippen LogP contribution < -0.4 is 0 Å². The highest BCUT2D eigenvalue weighted by Crippen LogP contribution is 2.64. The number of aliphatic hydroxyl groups is 1.